The lowest BCUT2D eigenvalue weighted by molar-refractivity contribution is 0.626. The third kappa shape index (κ3) is 3.83. The van der Waals surface area contributed by atoms with Gasteiger partial charge in [-0.05, 0) is 15.6 Å². The third-order valence-corrected chi connectivity index (χ3v) is 18.2. The molecular weight excluding hydrogens is 296 g/mol. The Labute approximate surface area is 141 Å². The highest BCUT2D eigenvalue weighted by atomic mass is 28.4. The summed E-state index contributed by atoms with van der Waals surface area (Å²) in [5.74, 6) is 0. The van der Waals surface area contributed by atoms with Gasteiger partial charge in [0.2, 0.25) is 0 Å². The Hall–Kier alpha value is -0.606. The van der Waals surface area contributed by atoms with Gasteiger partial charge in [-0.2, -0.15) is 0 Å². The van der Waals surface area contributed by atoms with E-state index in [0.717, 1.165) is 0 Å². The van der Waals surface area contributed by atoms with E-state index < -0.39 is 16.1 Å². The van der Waals surface area contributed by atoms with Crippen molar-refractivity contribution in [2.24, 2.45) is 0 Å². The Morgan fingerprint density at radius 3 is 1.50 bits per heavy atom. The monoisotopic (exact) mass is 332 g/mol. The zero-order valence-electron chi connectivity index (χ0n) is 16.5. The molecule has 0 heterocycles. The van der Waals surface area contributed by atoms with E-state index in [4.69, 9.17) is 0 Å². The normalized spacial score (nSPS) is 15.1. The van der Waals surface area contributed by atoms with Crippen LogP contribution in [0.25, 0.3) is 6.08 Å². The highest BCUT2D eigenvalue weighted by molar-refractivity contribution is 7.08. The molecule has 0 N–H and O–H groups in total. The molecule has 0 aliphatic heterocycles. The van der Waals surface area contributed by atoms with Crippen molar-refractivity contribution in [2.45, 2.75) is 77.8 Å². The fourth-order valence-corrected chi connectivity index (χ4v) is 16.9. The molecule has 0 amide bonds. The molecule has 0 aromatic heterocycles. The van der Waals surface area contributed by atoms with Crippen LogP contribution in [0.5, 0.6) is 0 Å². The standard InChI is InChI=1S/C20H36Si2/c1-19(2,3)22(10,20(4,5)6)18(21(7,8)9)16-17-14-12-11-13-15-17/h11-16H,1-10H3/b18-16+. The Morgan fingerprint density at radius 2 is 1.18 bits per heavy atom. The highest BCUT2D eigenvalue weighted by Gasteiger charge is 2.53. The first-order chi connectivity index (χ1) is 9.71. The van der Waals surface area contributed by atoms with Gasteiger partial charge < -0.3 is 0 Å². The molecule has 0 bridgehead atoms. The summed E-state index contributed by atoms with van der Waals surface area (Å²) in [5, 5.41) is 0.707. The fraction of sp³-hybridized carbons (Fsp3) is 0.600. The maximum Gasteiger partial charge on any atom is 0.0848 e. The van der Waals surface area contributed by atoms with E-state index in [2.05, 4.69) is 104 Å². The second-order valence-corrected chi connectivity index (χ2v) is 21.2. The minimum absolute atomic E-state index is 0.353. The number of hydrogen-bond donors (Lipinski definition) is 0. The van der Waals surface area contributed by atoms with Crippen LogP contribution in [0, 0.1) is 0 Å². The molecule has 0 fully saturated rings. The minimum Gasteiger partial charge on any atom is -0.0891 e. The predicted octanol–water partition coefficient (Wildman–Crippen LogP) is 7.17. The molecule has 0 aliphatic rings. The van der Waals surface area contributed by atoms with Gasteiger partial charge in [0.05, 0.1) is 16.1 Å². The quantitative estimate of drug-likeness (QED) is 0.515. The zero-order chi connectivity index (χ0) is 17.4. The van der Waals surface area contributed by atoms with Gasteiger partial charge in [-0.3, -0.25) is 0 Å². The van der Waals surface area contributed by atoms with Crippen molar-refractivity contribution < 1.29 is 0 Å². The predicted molar refractivity (Wildman–Crippen MR) is 109 cm³/mol. The molecule has 0 nitrogen and oxygen atoms in total. The van der Waals surface area contributed by atoms with E-state index in [1.165, 1.54) is 5.56 Å². The molecule has 0 unspecified atom stereocenters. The van der Waals surface area contributed by atoms with Crippen LogP contribution in [0.15, 0.2) is 35.2 Å². The molecule has 22 heavy (non-hydrogen) atoms. The lowest BCUT2D eigenvalue weighted by Crippen LogP contribution is -2.56. The third-order valence-electron chi connectivity index (χ3n) is 5.46. The molecule has 0 atom stereocenters. The largest absolute Gasteiger partial charge is 0.0891 e. The summed E-state index contributed by atoms with van der Waals surface area (Å²) in [5.41, 5.74) is 1.37. The lowest BCUT2D eigenvalue weighted by Gasteiger charge is -2.54. The summed E-state index contributed by atoms with van der Waals surface area (Å²) in [6, 6.07) is 10.9. The van der Waals surface area contributed by atoms with Crippen molar-refractivity contribution in [1.29, 1.82) is 0 Å². The number of hydrogen-bond acceptors (Lipinski definition) is 0. The Balaban J connectivity index is 3.67. The van der Waals surface area contributed by atoms with Gasteiger partial charge in [0.15, 0.2) is 0 Å². The van der Waals surface area contributed by atoms with Crippen molar-refractivity contribution in [2.75, 3.05) is 0 Å². The van der Waals surface area contributed by atoms with Crippen molar-refractivity contribution in [3.63, 3.8) is 0 Å². The Bertz CT molecular complexity index is 506. The number of rotatable bonds is 3. The molecule has 1 rings (SSSR count). The molecule has 0 spiro atoms. The first-order valence-corrected chi connectivity index (χ1v) is 14.5. The summed E-state index contributed by atoms with van der Waals surface area (Å²) in [6.45, 7) is 25.0. The summed E-state index contributed by atoms with van der Waals surface area (Å²) in [4.78, 5) is 1.81. The van der Waals surface area contributed by atoms with E-state index in [-0.39, 0.29) is 0 Å². The first-order valence-electron chi connectivity index (χ1n) is 8.49. The molecular formula is C20H36Si2. The van der Waals surface area contributed by atoms with Crippen LogP contribution >= 0.6 is 0 Å². The van der Waals surface area contributed by atoms with Gasteiger partial charge in [-0.15, -0.1) is 0 Å². The van der Waals surface area contributed by atoms with E-state index in [0.29, 0.717) is 10.1 Å². The van der Waals surface area contributed by atoms with E-state index in [9.17, 15) is 0 Å². The molecule has 124 valence electrons. The molecule has 2 heteroatoms. The van der Waals surface area contributed by atoms with Gasteiger partial charge in [0, 0.05) is 0 Å². The van der Waals surface area contributed by atoms with Crippen LogP contribution in [0.4, 0.5) is 0 Å². The smallest absolute Gasteiger partial charge is 0.0848 e. The second-order valence-electron chi connectivity index (χ2n) is 9.84. The Morgan fingerprint density at radius 1 is 0.773 bits per heavy atom. The maximum absolute atomic E-state index is 2.63. The zero-order valence-corrected chi connectivity index (χ0v) is 18.5. The average molecular weight is 333 g/mol. The van der Waals surface area contributed by atoms with Crippen molar-refractivity contribution in [3.05, 3.63) is 40.7 Å². The van der Waals surface area contributed by atoms with Gasteiger partial charge in [0.25, 0.3) is 0 Å². The van der Waals surface area contributed by atoms with Gasteiger partial charge in [-0.1, -0.05) is 109 Å². The highest BCUT2D eigenvalue weighted by Crippen LogP contribution is 2.56. The van der Waals surface area contributed by atoms with E-state index in [1.807, 2.05) is 4.82 Å². The van der Waals surface area contributed by atoms with Crippen molar-refractivity contribution in [1.82, 2.24) is 0 Å². The summed E-state index contributed by atoms with van der Waals surface area (Å²) >= 11 is 0. The molecule has 1 aromatic carbocycles. The van der Waals surface area contributed by atoms with Crippen LogP contribution in [-0.2, 0) is 0 Å². The van der Waals surface area contributed by atoms with Gasteiger partial charge in [-0.25, -0.2) is 0 Å². The van der Waals surface area contributed by atoms with E-state index in [1.54, 1.807) is 0 Å². The van der Waals surface area contributed by atoms with Crippen molar-refractivity contribution >= 4 is 22.2 Å². The van der Waals surface area contributed by atoms with Crippen molar-refractivity contribution in [3.8, 4) is 0 Å². The van der Waals surface area contributed by atoms with Crippen LogP contribution < -0.4 is 0 Å². The average Bonchev–Trinajstić information content (AvgIpc) is 2.32. The minimum atomic E-state index is -1.68. The summed E-state index contributed by atoms with van der Waals surface area (Å²) in [6.07, 6.45) is 2.55. The lowest BCUT2D eigenvalue weighted by atomic mass is 10.2. The maximum atomic E-state index is 2.63. The van der Waals surface area contributed by atoms with Crippen LogP contribution in [0.2, 0.25) is 36.3 Å². The van der Waals surface area contributed by atoms with Gasteiger partial charge >= 0.3 is 0 Å². The summed E-state index contributed by atoms with van der Waals surface area (Å²) < 4.78 is 0. The molecule has 0 saturated carbocycles. The van der Waals surface area contributed by atoms with Crippen LogP contribution in [-0.4, -0.2) is 16.1 Å². The second kappa shape index (κ2) is 6.12. The molecule has 1 aromatic rings. The fourth-order valence-electron chi connectivity index (χ4n) is 3.76. The van der Waals surface area contributed by atoms with Crippen LogP contribution in [0.1, 0.15) is 47.1 Å². The molecule has 0 saturated heterocycles. The molecule has 0 aliphatic carbocycles. The van der Waals surface area contributed by atoms with Crippen LogP contribution in [0.3, 0.4) is 0 Å². The van der Waals surface area contributed by atoms with Gasteiger partial charge in [0.1, 0.15) is 0 Å². The Kier molecular flexibility index (Phi) is 5.41. The van der Waals surface area contributed by atoms with E-state index >= 15 is 0 Å². The molecule has 0 radical (unpaired) electrons. The first kappa shape index (κ1) is 19.4. The topological polar surface area (TPSA) is 0 Å². The number of benzene rings is 1. The SMILES string of the molecule is CC(C)(C)[Si](C)(/C(=C/c1ccccc1)[Si](C)(C)C)C(C)(C)C. The summed E-state index contributed by atoms with van der Waals surface area (Å²) in [7, 11) is -3.08.